The van der Waals surface area contributed by atoms with Gasteiger partial charge in [-0.3, -0.25) is 4.72 Å². The molecule has 0 aliphatic carbocycles. The Morgan fingerprint density at radius 2 is 1.81 bits per heavy atom. The minimum absolute atomic E-state index is 0.145. The van der Waals surface area contributed by atoms with Gasteiger partial charge < -0.3 is 4.42 Å². The van der Waals surface area contributed by atoms with E-state index < -0.39 is 26.7 Å². The van der Waals surface area contributed by atoms with E-state index in [1.807, 2.05) is 0 Å². The number of halogens is 3. The minimum Gasteiger partial charge on any atom is -0.441 e. The van der Waals surface area contributed by atoms with Gasteiger partial charge in [0.05, 0.1) is 27.9 Å². The zero-order chi connectivity index (χ0) is 18.9. The molecule has 3 rings (SSSR count). The van der Waals surface area contributed by atoms with Crippen LogP contribution in [0, 0.1) is 6.92 Å². The molecular formula is C17H13F3N2O3S. The highest BCUT2D eigenvalue weighted by Crippen LogP contribution is 2.32. The number of anilines is 1. The number of aromatic nitrogens is 1. The first-order valence-corrected chi connectivity index (χ1v) is 8.87. The number of oxazole rings is 1. The van der Waals surface area contributed by atoms with Crippen molar-refractivity contribution >= 4 is 15.7 Å². The van der Waals surface area contributed by atoms with Crippen LogP contribution >= 0.6 is 0 Å². The van der Waals surface area contributed by atoms with Gasteiger partial charge in [0.1, 0.15) is 5.76 Å². The third-order valence-electron chi connectivity index (χ3n) is 3.49. The fraction of sp³-hybridized carbons (Fsp3) is 0.118. The molecule has 0 aliphatic rings. The smallest absolute Gasteiger partial charge is 0.416 e. The van der Waals surface area contributed by atoms with E-state index >= 15 is 0 Å². The molecule has 0 aliphatic heterocycles. The number of nitrogens with one attached hydrogen (secondary N) is 1. The van der Waals surface area contributed by atoms with Crippen LogP contribution in [0.15, 0.2) is 64.0 Å². The number of nitrogens with zero attached hydrogens (tertiary/aromatic N) is 1. The number of aryl methyl sites for hydroxylation is 1. The highest BCUT2D eigenvalue weighted by molar-refractivity contribution is 7.92. The highest BCUT2D eigenvalue weighted by atomic mass is 32.2. The Kier molecular flexibility index (Phi) is 4.49. The molecule has 0 saturated carbocycles. The van der Waals surface area contributed by atoms with Crippen LogP contribution in [0.25, 0.3) is 11.5 Å². The van der Waals surface area contributed by atoms with E-state index in [0.717, 1.165) is 18.2 Å². The molecule has 5 nitrogen and oxygen atoms in total. The Morgan fingerprint density at radius 3 is 2.46 bits per heavy atom. The average Bonchev–Trinajstić information content (AvgIpc) is 3.01. The third-order valence-corrected chi connectivity index (χ3v) is 4.86. The lowest BCUT2D eigenvalue weighted by Gasteiger charge is -2.12. The lowest BCUT2D eigenvalue weighted by molar-refractivity contribution is -0.137. The van der Waals surface area contributed by atoms with Gasteiger partial charge in [-0.05, 0) is 37.3 Å². The zero-order valence-electron chi connectivity index (χ0n) is 13.4. The number of rotatable bonds is 4. The number of hydrogen-bond donors (Lipinski definition) is 1. The van der Waals surface area contributed by atoms with Gasteiger partial charge in [0.2, 0.25) is 5.89 Å². The van der Waals surface area contributed by atoms with Crippen LogP contribution in [0.4, 0.5) is 18.9 Å². The Balaban J connectivity index is 1.99. The standard InChI is InChI=1S/C17H13F3N2O3S/c1-11-10-21-16(25-11)14-7-2-3-8-15(14)22-26(23,24)13-6-4-5-12(9-13)17(18,19)20/h2-10,22H,1H3. The van der Waals surface area contributed by atoms with Crippen molar-refractivity contribution in [2.75, 3.05) is 4.72 Å². The van der Waals surface area contributed by atoms with E-state index in [2.05, 4.69) is 9.71 Å². The summed E-state index contributed by atoms with van der Waals surface area (Å²) >= 11 is 0. The van der Waals surface area contributed by atoms with Crippen LogP contribution in [-0.4, -0.2) is 13.4 Å². The van der Waals surface area contributed by atoms with Gasteiger partial charge in [0.15, 0.2) is 0 Å². The van der Waals surface area contributed by atoms with Crippen molar-refractivity contribution in [2.45, 2.75) is 18.0 Å². The van der Waals surface area contributed by atoms with Gasteiger partial charge in [-0.25, -0.2) is 13.4 Å². The molecule has 0 amide bonds. The second-order valence-corrected chi connectivity index (χ2v) is 7.14. The normalized spacial score (nSPS) is 12.2. The molecule has 0 bridgehead atoms. The maximum atomic E-state index is 12.8. The first-order chi connectivity index (χ1) is 12.2. The molecule has 2 aromatic carbocycles. The first kappa shape index (κ1) is 18.0. The summed E-state index contributed by atoms with van der Waals surface area (Å²) in [5.41, 5.74) is -0.528. The van der Waals surface area contributed by atoms with Crippen LogP contribution in [0.2, 0.25) is 0 Å². The van der Waals surface area contributed by atoms with Crippen molar-refractivity contribution in [2.24, 2.45) is 0 Å². The van der Waals surface area contributed by atoms with Crippen molar-refractivity contribution in [3.05, 3.63) is 66.1 Å². The van der Waals surface area contributed by atoms with Crippen molar-refractivity contribution < 1.29 is 26.0 Å². The van der Waals surface area contributed by atoms with E-state index in [1.165, 1.54) is 12.3 Å². The molecular weight excluding hydrogens is 369 g/mol. The fourth-order valence-electron chi connectivity index (χ4n) is 2.28. The second kappa shape index (κ2) is 6.49. The predicted molar refractivity (Wildman–Crippen MR) is 88.9 cm³/mol. The highest BCUT2D eigenvalue weighted by Gasteiger charge is 2.31. The van der Waals surface area contributed by atoms with E-state index in [9.17, 15) is 21.6 Å². The molecule has 0 atom stereocenters. The molecule has 9 heteroatoms. The summed E-state index contributed by atoms with van der Waals surface area (Å²) < 4.78 is 71.3. The summed E-state index contributed by atoms with van der Waals surface area (Å²) in [7, 11) is -4.24. The van der Waals surface area contributed by atoms with Gasteiger partial charge in [-0.2, -0.15) is 13.2 Å². The molecule has 0 unspecified atom stereocenters. The Bertz CT molecular complexity index is 1040. The van der Waals surface area contributed by atoms with Crippen molar-refractivity contribution in [1.29, 1.82) is 0 Å². The summed E-state index contributed by atoms with van der Waals surface area (Å²) in [6.07, 6.45) is -3.16. The van der Waals surface area contributed by atoms with Crippen LogP contribution in [0.5, 0.6) is 0 Å². The zero-order valence-corrected chi connectivity index (χ0v) is 14.2. The Labute approximate surface area is 147 Å². The number of para-hydroxylation sites is 1. The SMILES string of the molecule is Cc1cnc(-c2ccccc2NS(=O)(=O)c2cccc(C(F)(F)F)c2)o1. The number of sulfonamides is 1. The Hall–Kier alpha value is -2.81. The van der Waals surface area contributed by atoms with E-state index in [0.29, 0.717) is 17.4 Å². The molecule has 0 radical (unpaired) electrons. The molecule has 0 fully saturated rings. The summed E-state index contributed by atoms with van der Waals surface area (Å²) in [4.78, 5) is 3.55. The van der Waals surface area contributed by atoms with Crippen LogP contribution in [0.1, 0.15) is 11.3 Å². The van der Waals surface area contributed by atoms with Crippen molar-refractivity contribution in [1.82, 2.24) is 4.98 Å². The van der Waals surface area contributed by atoms with Crippen LogP contribution in [-0.2, 0) is 16.2 Å². The molecule has 136 valence electrons. The molecule has 0 saturated heterocycles. The summed E-state index contributed by atoms with van der Waals surface area (Å²) in [6, 6.07) is 9.84. The predicted octanol–water partition coefficient (Wildman–Crippen LogP) is 4.47. The van der Waals surface area contributed by atoms with Gasteiger partial charge in [0, 0.05) is 0 Å². The molecule has 0 spiro atoms. The maximum absolute atomic E-state index is 12.8. The number of hydrogen-bond acceptors (Lipinski definition) is 4. The summed E-state index contributed by atoms with van der Waals surface area (Å²) in [5, 5.41) is 0. The van der Waals surface area contributed by atoms with E-state index in [-0.39, 0.29) is 11.6 Å². The topological polar surface area (TPSA) is 72.2 Å². The summed E-state index contributed by atoms with van der Waals surface area (Å²) in [6.45, 7) is 1.69. The number of benzene rings is 2. The minimum atomic E-state index is -4.64. The molecule has 26 heavy (non-hydrogen) atoms. The fourth-order valence-corrected chi connectivity index (χ4v) is 3.41. The van der Waals surface area contributed by atoms with Gasteiger partial charge in [0.25, 0.3) is 10.0 Å². The number of alkyl halides is 3. The Morgan fingerprint density at radius 1 is 1.08 bits per heavy atom. The monoisotopic (exact) mass is 382 g/mol. The quantitative estimate of drug-likeness (QED) is 0.723. The van der Waals surface area contributed by atoms with Crippen molar-refractivity contribution in [3.8, 4) is 11.5 Å². The van der Waals surface area contributed by atoms with Gasteiger partial charge in [-0.1, -0.05) is 18.2 Å². The lowest BCUT2D eigenvalue weighted by Crippen LogP contribution is -2.15. The van der Waals surface area contributed by atoms with Gasteiger partial charge >= 0.3 is 6.18 Å². The lowest BCUT2D eigenvalue weighted by atomic mass is 10.2. The largest absolute Gasteiger partial charge is 0.441 e. The van der Waals surface area contributed by atoms with Crippen LogP contribution < -0.4 is 4.72 Å². The molecule has 1 heterocycles. The van der Waals surface area contributed by atoms with E-state index in [4.69, 9.17) is 4.42 Å². The average molecular weight is 382 g/mol. The molecule has 1 aromatic heterocycles. The maximum Gasteiger partial charge on any atom is 0.416 e. The third kappa shape index (κ3) is 3.72. The first-order valence-electron chi connectivity index (χ1n) is 7.39. The van der Waals surface area contributed by atoms with E-state index in [1.54, 1.807) is 25.1 Å². The van der Waals surface area contributed by atoms with Gasteiger partial charge in [-0.15, -0.1) is 0 Å². The molecule has 3 aromatic rings. The molecule has 1 N–H and O–H groups in total. The van der Waals surface area contributed by atoms with Crippen LogP contribution in [0.3, 0.4) is 0 Å². The summed E-state index contributed by atoms with van der Waals surface area (Å²) in [5.74, 6) is 0.736. The second-order valence-electron chi connectivity index (χ2n) is 5.45. The van der Waals surface area contributed by atoms with Crippen molar-refractivity contribution in [3.63, 3.8) is 0 Å².